The molecule has 0 saturated carbocycles. The fourth-order valence-corrected chi connectivity index (χ4v) is 4.38. The summed E-state index contributed by atoms with van der Waals surface area (Å²) in [6.07, 6.45) is 0. The third-order valence-electron chi connectivity index (χ3n) is 5.80. The van der Waals surface area contributed by atoms with Crippen molar-refractivity contribution in [3.8, 4) is 0 Å². The maximum absolute atomic E-state index is 12.6. The maximum Gasteiger partial charge on any atom is 0.273 e. The molecule has 0 aliphatic carbocycles. The van der Waals surface area contributed by atoms with E-state index < -0.39 is 5.91 Å². The molecule has 36 heavy (non-hydrogen) atoms. The predicted molar refractivity (Wildman–Crippen MR) is 149 cm³/mol. The standard InChI is InChI=1S/C25H27ClIN7O2/c26-22-24(30-14-17-6-8-19(27)9-7-17)32-23(28)21(31-22)25(36)29-10-11-33-12-13-34(20(35)16-33)15-18-4-2-1-3-5-18/h1-9H,10-16H2,(H,29,36)(H3,28,30,32). The van der Waals surface area contributed by atoms with Crippen LogP contribution in [0.15, 0.2) is 54.6 Å². The molecule has 1 fully saturated rings. The van der Waals surface area contributed by atoms with Crippen LogP contribution in [-0.4, -0.2) is 64.3 Å². The van der Waals surface area contributed by atoms with Gasteiger partial charge in [-0.05, 0) is 45.9 Å². The van der Waals surface area contributed by atoms with Crippen LogP contribution in [0.4, 0.5) is 11.6 Å². The Morgan fingerprint density at radius 3 is 2.53 bits per heavy atom. The van der Waals surface area contributed by atoms with E-state index in [1.54, 1.807) is 0 Å². The third-order valence-corrected chi connectivity index (χ3v) is 6.78. The van der Waals surface area contributed by atoms with Crippen LogP contribution in [0.5, 0.6) is 0 Å². The van der Waals surface area contributed by atoms with E-state index in [9.17, 15) is 9.59 Å². The van der Waals surface area contributed by atoms with Gasteiger partial charge in [0, 0.05) is 42.8 Å². The van der Waals surface area contributed by atoms with E-state index in [0.29, 0.717) is 45.1 Å². The van der Waals surface area contributed by atoms with Gasteiger partial charge in [-0.2, -0.15) is 0 Å². The Balaban J connectivity index is 1.24. The number of hydrogen-bond acceptors (Lipinski definition) is 7. The average Bonchev–Trinajstić information content (AvgIpc) is 2.87. The summed E-state index contributed by atoms with van der Waals surface area (Å²) in [4.78, 5) is 37.4. The first-order chi connectivity index (χ1) is 17.4. The van der Waals surface area contributed by atoms with E-state index >= 15 is 0 Å². The first-order valence-corrected chi connectivity index (χ1v) is 13.0. The lowest BCUT2D eigenvalue weighted by atomic mass is 10.2. The highest BCUT2D eigenvalue weighted by Crippen LogP contribution is 2.21. The Morgan fingerprint density at radius 1 is 1.06 bits per heavy atom. The summed E-state index contributed by atoms with van der Waals surface area (Å²) in [5, 5.41) is 5.97. The van der Waals surface area contributed by atoms with E-state index in [-0.39, 0.29) is 22.6 Å². The second kappa shape index (κ2) is 12.3. The van der Waals surface area contributed by atoms with Gasteiger partial charge in [0.25, 0.3) is 5.91 Å². The molecule has 9 nitrogen and oxygen atoms in total. The van der Waals surface area contributed by atoms with E-state index in [4.69, 9.17) is 17.3 Å². The van der Waals surface area contributed by atoms with Crippen LogP contribution >= 0.6 is 34.2 Å². The molecule has 1 aromatic heterocycles. The summed E-state index contributed by atoms with van der Waals surface area (Å²) in [5.74, 6) is -0.0744. The molecule has 2 amide bonds. The zero-order chi connectivity index (χ0) is 25.5. The van der Waals surface area contributed by atoms with Gasteiger partial charge in [0.1, 0.15) is 0 Å². The number of carbonyl (C=O) groups excluding carboxylic acids is 2. The number of amides is 2. The number of nitrogen functional groups attached to an aromatic ring is 1. The van der Waals surface area contributed by atoms with Crippen molar-refractivity contribution < 1.29 is 9.59 Å². The number of nitrogens with two attached hydrogens (primary N) is 1. The number of piperazine rings is 1. The second-order valence-corrected chi connectivity index (χ2v) is 10.0. The van der Waals surface area contributed by atoms with E-state index in [1.807, 2.05) is 64.4 Å². The van der Waals surface area contributed by atoms with E-state index in [2.05, 4.69) is 43.2 Å². The maximum atomic E-state index is 12.6. The Bertz CT molecular complexity index is 1210. The van der Waals surface area contributed by atoms with Crippen molar-refractivity contribution in [3.05, 3.63) is 80.1 Å². The van der Waals surface area contributed by atoms with Crippen molar-refractivity contribution >= 4 is 57.6 Å². The van der Waals surface area contributed by atoms with Crippen LogP contribution in [-0.2, 0) is 17.9 Å². The lowest BCUT2D eigenvalue weighted by molar-refractivity contribution is -0.136. The highest BCUT2D eigenvalue weighted by atomic mass is 127. The number of halogens is 2. The number of rotatable bonds is 9. The van der Waals surface area contributed by atoms with Crippen LogP contribution in [0.25, 0.3) is 0 Å². The molecule has 11 heteroatoms. The zero-order valence-electron chi connectivity index (χ0n) is 19.6. The number of nitrogens with one attached hydrogen (secondary N) is 2. The van der Waals surface area contributed by atoms with Crippen LogP contribution in [0.2, 0.25) is 5.15 Å². The number of aromatic nitrogens is 2. The van der Waals surface area contributed by atoms with Gasteiger partial charge in [0.2, 0.25) is 5.91 Å². The lowest BCUT2D eigenvalue weighted by Gasteiger charge is -2.34. The molecule has 4 N–H and O–H groups in total. The number of anilines is 2. The Morgan fingerprint density at radius 2 is 1.81 bits per heavy atom. The summed E-state index contributed by atoms with van der Waals surface area (Å²) in [6.45, 7) is 3.68. The van der Waals surface area contributed by atoms with Crippen LogP contribution in [0.1, 0.15) is 21.6 Å². The Kier molecular flexibility index (Phi) is 8.94. The van der Waals surface area contributed by atoms with Crippen molar-refractivity contribution in [2.75, 3.05) is 43.8 Å². The van der Waals surface area contributed by atoms with Crippen molar-refractivity contribution in [1.82, 2.24) is 25.1 Å². The Hall–Kier alpha value is -2.96. The molecule has 0 bridgehead atoms. The molecule has 1 aliphatic rings. The largest absolute Gasteiger partial charge is 0.382 e. The smallest absolute Gasteiger partial charge is 0.273 e. The minimum Gasteiger partial charge on any atom is -0.382 e. The van der Waals surface area contributed by atoms with Crippen molar-refractivity contribution in [3.63, 3.8) is 0 Å². The second-order valence-electron chi connectivity index (χ2n) is 8.41. The van der Waals surface area contributed by atoms with Gasteiger partial charge in [-0.25, -0.2) is 9.97 Å². The molecule has 0 radical (unpaired) electrons. The minimum atomic E-state index is -0.458. The van der Waals surface area contributed by atoms with Crippen molar-refractivity contribution in [2.24, 2.45) is 0 Å². The molecule has 188 valence electrons. The molecule has 4 rings (SSSR count). The van der Waals surface area contributed by atoms with E-state index in [0.717, 1.165) is 21.2 Å². The van der Waals surface area contributed by atoms with Crippen LogP contribution < -0.4 is 16.4 Å². The van der Waals surface area contributed by atoms with Gasteiger partial charge < -0.3 is 21.3 Å². The van der Waals surface area contributed by atoms with Gasteiger partial charge in [-0.1, -0.05) is 54.1 Å². The predicted octanol–water partition coefficient (Wildman–Crippen LogP) is 3.00. The van der Waals surface area contributed by atoms with Crippen molar-refractivity contribution in [2.45, 2.75) is 13.1 Å². The molecule has 0 atom stereocenters. The van der Waals surface area contributed by atoms with Gasteiger partial charge >= 0.3 is 0 Å². The monoisotopic (exact) mass is 619 g/mol. The summed E-state index contributed by atoms with van der Waals surface area (Å²) in [5.41, 5.74) is 8.13. The minimum absolute atomic E-state index is 0.00767. The molecule has 1 aliphatic heterocycles. The fourth-order valence-electron chi connectivity index (χ4n) is 3.83. The summed E-state index contributed by atoms with van der Waals surface area (Å²) >= 11 is 8.50. The highest BCUT2D eigenvalue weighted by molar-refractivity contribution is 14.1. The summed E-state index contributed by atoms with van der Waals surface area (Å²) in [7, 11) is 0. The first-order valence-electron chi connectivity index (χ1n) is 11.5. The van der Waals surface area contributed by atoms with Crippen LogP contribution in [0, 0.1) is 3.57 Å². The SMILES string of the molecule is Nc1nc(NCc2ccc(I)cc2)c(Cl)nc1C(=O)NCCN1CCN(Cc2ccccc2)C(=O)C1. The number of benzene rings is 2. The van der Waals surface area contributed by atoms with Gasteiger partial charge in [0.05, 0.1) is 6.54 Å². The molecule has 0 spiro atoms. The zero-order valence-corrected chi connectivity index (χ0v) is 22.5. The normalized spacial score (nSPS) is 14.1. The molecule has 0 unspecified atom stereocenters. The molecule has 1 saturated heterocycles. The lowest BCUT2D eigenvalue weighted by Crippen LogP contribution is -2.51. The highest BCUT2D eigenvalue weighted by Gasteiger charge is 2.24. The quantitative estimate of drug-likeness (QED) is 0.316. The molecule has 2 aromatic carbocycles. The first kappa shape index (κ1) is 26.1. The summed E-state index contributed by atoms with van der Waals surface area (Å²) < 4.78 is 1.14. The molecule has 2 heterocycles. The van der Waals surface area contributed by atoms with Crippen molar-refractivity contribution in [1.29, 1.82) is 0 Å². The van der Waals surface area contributed by atoms with Gasteiger partial charge in [-0.15, -0.1) is 0 Å². The number of hydrogen-bond donors (Lipinski definition) is 3. The molecular weight excluding hydrogens is 593 g/mol. The average molecular weight is 620 g/mol. The van der Waals surface area contributed by atoms with Crippen LogP contribution in [0.3, 0.4) is 0 Å². The molecular formula is C25H27ClIN7O2. The van der Waals surface area contributed by atoms with Gasteiger partial charge in [0.15, 0.2) is 22.5 Å². The topological polar surface area (TPSA) is 116 Å². The third kappa shape index (κ3) is 7.05. The Labute approximate surface area is 228 Å². The molecule has 3 aromatic rings. The number of carbonyl (C=O) groups is 2. The summed E-state index contributed by atoms with van der Waals surface area (Å²) in [6, 6.07) is 17.9. The van der Waals surface area contributed by atoms with E-state index in [1.165, 1.54) is 0 Å². The van der Waals surface area contributed by atoms with Gasteiger partial charge in [-0.3, -0.25) is 14.5 Å². The number of nitrogens with zero attached hydrogens (tertiary/aromatic N) is 4. The fraction of sp³-hybridized carbons (Fsp3) is 0.280.